The maximum absolute atomic E-state index is 11.3. The molecule has 18 heavy (non-hydrogen) atoms. The van der Waals surface area contributed by atoms with E-state index in [0.29, 0.717) is 11.3 Å². The van der Waals surface area contributed by atoms with Crippen LogP contribution in [0.3, 0.4) is 0 Å². The molecule has 6 nitrogen and oxygen atoms in total. The molecule has 0 aliphatic carbocycles. The topological polar surface area (TPSA) is 79.8 Å². The van der Waals surface area contributed by atoms with Crippen LogP contribution in [0, 0.1) is 4.77 Å². The summed E-state index contributed by atoms with van der Waals surface area (Å²) in [5, 5.41) is 6.91. The van der Waals surface area contributed by atoms with Gasteiger partial charge in [0.1, 0.15) is 5.82 Å². The Morgan fingerprint density at radius 2 is 2.06 bits per heavy atom. The third-order valence-corrected chi connectivity index (χ3v) is 3.55. The van der Waals surface area contributed by atoms with Gasteiger partial charge in [-0.2, -0.15) is 5.10 Å². The van der Waals surface area contributed by atoms with Crippen molar-refractivity contribution in [2.24, 2.45) is 0 Å². The summed E-state index contributed by atoms with van der Waals surface area (Å²) in [5.41, 5.74) is -0.626. The number of nitrogens with zero attached hydrogens (tertiary/aromatic N) is 2. The molecule has 0 bridgehead atoms. The molecule has 0 fully saturated rings. The van der Waals surface area contributed by atoms with Crippen molar-refractivity contribution in [1.29, 1.82) is 0 Å². The van der Waals surface area contributed by atoms with Crippen molar-refractivity contribution in [2.75, 3.05) is 6.26 Å². The molecule has 0 aliphatic heterocycles. The Bertz CT molecular complexity index is 569. The van der Waals surface area contributed by atoms with Gasteiger partial charge < -0.3 is 4.57 Å². The molecule has 0 spiro atoms. The van der Waals surface area contributed by atoms with E-state index in [0.717, 1.165) is 12.1 Å². The monoisotopic (exact) mass is 292 g/mol. The number of rotatable bonds is 5. The fraction of sp³-hybridized carbons (Fsp3) is 0.800. The molecule has 1 aromatic heterocycles. The third kappa shape index (κ3) is 4.18. The molecule has 0 aromatic carbocycles. The Labute approximate surface area is 113 Å². The molecule has 2 N–H and O–H groups in total. The van der Waals surface area contributed by atoms with Crippen LogP contribution < -0.4 is 4.72 Å². The number of sulfonamides is 1. The number of aromatic amines is 1. The highest BCUT2D eigenvalue weighted by Gasteiger charge is 2.25. The maximum atomic E-state index is 11.3. The molecule has 0 saturated carbocycles. The average molecular weight is 292 g/mol. The first-order valence-electron chi connectivity index (χ1n) is 5.66. The van der Waals surface area contributed by atoms with Gasteiger partial charge in [0.15, 0.2) is 4.77 Å². The van der Waals surface area contributed by atoms with Gasteiger partial charge in [0.25, 0.3) is 0 Å². The lowest BCUT2D eigenvalue weighted by molar-refractivity contribution is 0.380. The van der Waals surface area contributed by atoms with E-state index in [4.69, 9.17) is 12.2 Å². The van der Waals surface area contributed by atoms with E-state index in [9.17, 15) is 8.42 Å². The van der Waals surface area contributed by atoms with Gasteiger partial charge in [0.2, 0.25) is 10.0 Å². The first-order valence-corrected chi connectivity index (χ1v) is 7.96. The zero-order chi connectivity index (χ0) is 14.1. The van der Waals surface area contributed by atoms with E-state index in [1.807, 2.05) is 32.3 Å². The van der Waals surface area contributed by atoms with Crippen molar-refractivity contribution in [2.45, 2.75) is 45.7 Å². The fourth-order valence-corrected chi connectivity index (χ4v) is 3.12. The SMILES string of the molecule is CC(C)c1n[nH]c(=S)n1CC(C)(C)NS(C)(=O)=O. The molecule has 0 amide bonds. The molecule has 104 valence electrons. The quantitative estimate of drug-likeness (QED) is 0.804. The van der Waals surface area contributed by atoms with Crippen LogP contribution >= 0.6 is 12.2 Å². The van der Waals surface area contributed by atoms with E-state index >= 15 is 0 Å². The van der Waals surface area contributed by atoms with Gasteiger partial charge in [-0.3, -0.25) is 5.10 Å². The second-order valence-electron chi connectivity index (χ2n) is 5.39. The van der Waals surface area contributed by atoms with E-state index in [1.165, 1.54) is 0 Å². The van der Waals surface area contributed by atoms with Gasteiger partial charge in [0, 0.05) is 18.0 Å². The van der Waals surface area contributed by atoms with Crippen molar-refractivity contribution >= 4 is 22.2 Å². The van der Waals surface area contributed by atoms with E-state index in [2.05, 4.69) is 14.9 Å². The first kappa shape index (κ1) is 15.3. The highest BCUT2D eigenvalue weighted by atomic mass is 32.2. The molecule has 1 heterocycles. The zero-order valence-corrected chi connectivity index (χ0v) is 12.9. The molecule has 1 aromatic rings. The average Bonchev–Trinajstić information content (AvgIpc) is 2.42. The number of hydrogen-bond acceptors (Lipinski definition) is 4. The summed E-state index contributed by atoms with van der Waals surface area (Å²) in [4.78, 5) is 0. The Morgan fingerprint density at radius 1 is 1.50 bits per heavy atom. The van der Waals surface area contributed by atoms with Crippen LogP contribution in [-0.4, -0.2) is 35.0 Å². The minimum atomic E-state index is -3.26. The van der Waals surface area contributed by atoms with Gasteiger partial charge in [-0.25, -0.2) is 13.1 Å². The van der Waals surface area contributed by atoms with Crippen LogP contribution in [0.5, 0.6) is 0 Å². The maximum Gasteiger partial charge on any atom is 0.209 e. The van der Waals surface area contributed by atoms with Crippen LogP contribution in [0.4, 0.5) is 0 Å². The van der Waals surface area contributed by atoms with Gasteiger partial charge in [-0.15, -0.1) is 0 Å². The first-order chi connectivity index (χ1) is 8.02. The molecular formula is C10H20N4O2S2. The Hall–Kier alpha value is -0.730. The van der Waals surface area contributed by atoms with E-state index in [-0.39, 0.29) is 5.92 Å². The summed E-state index contributed by atoms with van der Waals surface area (Å²) in [7, 11) is -3.26. The van der Waals surface area contributed by atoms with Crippen molar-refractivity contribution < 1.29 is 8.42 Å². The Balaban J connectivity index is 3.04. The minimum absolute atomic E-state index is 0.215. The second kappa shape index (κ2) is 5.10. The fourth-order valence-electron chi connectivity index (χ4n) is 1.85. The highest BCUT2D eigenvalue weighted by molar-refractivity contribution is 7.88. The number of hydrogen-bond donors (Lipinski definition) is 2. The standard InChI is InChI=1S/C10H20N4O2S2/c1-7(2)8-11-12-9(17)14(8)6-10(3,4)13-18(5,15)16/h7,13H,6H2,1-5H3,(H,12,17). The molecule has 0 aliphatic rings. The lowest BCUT2D eigenvalue weighted by Crippen LogP contribution is -2.46. The van der Waals surface area contributed by atoms with E-state index in [1.54, 1.807) is 0 Å². The molecule has 1 rings (SSSR count). The molecule has 0 unspecified atom stereocenters. The second-order valence-corrected chi connectivity index (χ2v) is 7.52. The van der Waals surface area contributed by atoms with Gasteiger partial charge in [-0.1, -0.05) is 13.8 Å². The molecular weight excluding hydrogens is 272 g/mol. The summed E-state index contributed by atoms with van der Waals surface area (Å²) in [6.45, 7) is 8.08. The lowest BCUT2D eigenvalue weighted by atomic mass is 10.1. The molecule has 0 saturated heterocycles. The summed E-state index contributed by atoms with van der Waals surface area (Å²) < 4.78 is 27.5. The largest absolute Gasteiger partial charge is 0.302 e. The number of H-pyrrole nitrogens is 1. The van der Waals surface area contributed by atoms with Crippen LogP contribution in [0.15, 0.2) is 0 Å². The smallest absolute Gasteiger partial charge is 0.209 e. The summed E-state index contributed by atoms with van der Waals surface area (Å²) in [5.74, 6) is 1.04. The zero-order valence-electron chi connectivity index (χ0n) is 11.3. The summed E-state index contributed by atoms with van der Waals surface area (Å²) in [6.07, 6.45) is 1.15. The predicted molar refractivity (Wildman–Crippen MR) is 73.6 cm³/mol. The Kier molecular flexibility index (Phi) is 4.34. The normalized spacial score (nSPS) is 13.2. The van der Waals surface area contributed by atoms with Crippen molar-refractivity contribution in [1.82, 2.24) is 19.5 Å². The van der Waals surface area contributed by atoms with Crippen molar-refractivity contribution in [3.63, 3.8) is 0 Å². The summed E-state index contributed by atoms with van der Waals surface area (Å²) >= 11 is 5.17. The van der Waals surface area contributed by atoms with Crippen LogP contribution in [0.2, 0.25) is 0 Å². The molecule has 0 atom stereocenters. The predicted octanol–water partition coefficient (Wildman–Crippen LogP) is 1.39. The number of nitrogens with one attached hydrogen (secondary N) is 2. The minimum Gasteiger partial charge on any atom is -0.302 e. The molecule has 0 radical (unpaired) electrons. The third-order valence-electron chi connectivity index (χ3n) is 2.32. The summed E-state index contributed by atoms with van der Waals surface area (Å²) in [6, 6.07) is 0. The highest BCUT2D eigenvalue weighted by Crippen LogP contribution is 2.16. The van der Waals surface area contributed by atoms with Crippen molar-refractivity contribution in [3.05, 3.63) is 10.6 Å². The Morgan fingerprint density at radius 3 is 2.50 bits per heavy atom. The van der Waals surface area contributed by atoms with Crippen LogP contribution in [0.1, 0.15) is 39.4 Å². The van der Waals surface area contributed by atoms with Gasteiger partial charge in [0.05, 0.1) is 6.26 Å². The van der Waals surface area contributed by atoms with Gasteiger partial charge in [-0.05, 0) is 26.1 Å². The van der Waals surface area contributed by atoms with Gasteiger partial charge >= 0.3 is 0 Å². The van der Waals surface area contributed by atoms with Crippen molar-refractivity contribution in [3.8, 4) is 0 Å². The van der Waals surface area contributed by atoms with Crippen LogP contribution in [-0.2, 0) is 16.6 Å². The van der Waals surface area contributed by atoms with Crippen LogP contribution in [0.25, 0.3) is 0 Å². The van der Waals surface area contributed by atoms with E-state index < -0.39 is 15.6 Å². The number of aromatic nitrogens is 3. The molecule has 8 heteroatoms. The lowest BCUT2D eigenvalue weighted by Gasteiger charge is -2.26.